The van der Waals surface area contributed by atoms with E-state index in [1.807, 2.05) is 20.0 Å². The lowest BCUT2D eigenvalue weighted by Crippen LogP contribution is -2.05. The summed E-state index contributed by atoms with van der Waals surface area (Å²) in [5, 5.41) is 4.28. The van der Waals surface area contributed by atoms with Crippen molar-refractivity contribution in [3.05, 3.63) is 17.5 Å². The van der Waals surface area contributed by atoms with Crippen LogP contribution in [0.2, 0.25) is 0 Å². The zero-order chi connectivity index (χ0) is 9.84. The summed E-state index contributed by atoms with van der Waals surface area (Å²) in [7, 11) is 1.89. The first-order chi connectivity index (χ1) is 6.17. The van der Waals surface area contributed by atoms with Gasteiger partial charge in [-0.2, -0.15) is 5.10 Å². The number of carbonyl (C=O) groups is 1. The van der Waals surface area contributed by atoms with E-state index in [1.54, 1.807) is 4.68 Å². The van der Waals surface area contributed by atoms with Gasteiger partial charge in [-0.1, -0.05) is 13.8 Å². The second-order valence-electron chi connectivity index (χ2n) is 3.17. The summed E-state index contributed by atoms with van der Waals surface area (Å²) in [5.41, 5.74) is 2.07. The molecule has 1 aromatic rings. The maximum absolute atomic E-state index is 11.2. The van der Waals surface area contributed by atoms with Crippen LogP contribution in [-0.2, 0) is 24.7 Å². The third kappa shape index (κ3) is 2.41. The molecule has 1 rings (SSSR count). The van der Waals surface area contributed by atoms with Crippen molar-refractivity contribution < 1.29 is 4.79 Å². The first-order valence-electron chi connectivity index (χ1n) is 4.70. The highest BCUT2D eigenvalue weighted by atomic mass is 16.1. The average Bonchev–Trinajstić information content (AvgIpc) is 2.47. The maximum Gasteiger partial charge on any atom is 0.138 e. The molecule has 0 fully saturated rings. The quantitative estimate of drug-likeness (QED) is 0.704. The van der Waals surface area contributed by atoms with Gasteiger partial charge in [-0.25, -0.2) is 0 Å². The van der Waals surface area contributed by atoms with Gasteiger partial charge in [0.25, 0.3) is 0 Å². The molecule has 0 unspecified atom stereocenters. The third-order valence-corrected chi connectivity index (χ3v) is 2.16. The van der Waals surface area contributed by atoms with Gasteiger partial charge in [0, 0.05) is 25.6 Å². The van der Waals surface area contributed by atoms with E-state index in [0.717, 1.165) is 17.8 Å². The number of hydrogen-bond donors (Lipinski definition) is 0. The summed E-state index contributed by atoms with van der Waals surface area (Å²) >= 11 is 0. The second kappa shape index (κ2) is 4.21. The fourth-order valence-electron chi connectivity index (χ4n) is 1.24. The van der Waals surface area contributed by atoms with Crippen molar-refractivity contribution in [1.29, 1.82) is 0 Å². The Morgan fingerprint density at radius 3 is 2.69 bits per heavy atom. The minimum absolute atomic E-state index is 0.269. The molecule has 0 N–H and O–H groups in total. The van der Waals surface area contributed by atoms with Crippen LogP contribution < -0.4 is 0 Å². The van der Waals surface area contributed by atoms with E-state index in [0.29, 0.717) is 12.8 Å². The Kier molecular flexibility index (Phi) is 3.23. The van der Waals surface area contributed by atoms with Gasteiger partial charge < -0.3 is 0 Å². The third-order valence-electron chi connectivity index (χ3n) is 2.16. The summed E-state index contributed by atoms with van der Waals surface area (Å²) in [5.74, 6) is 0.269. The molecular weight excluding hydrogens is 164 g/mol. The minimum Gasteiger partial charge on any atom is -0.299 e. The molecule has 0 saturated heterocycles. The molecule has 13 heavy (non-hydrogen) atoms. The molecule has 1 heterocycles. The van der Waals surface area contributed by atoms with Crippen molar-refractivity contribution in [3.63, 3.8) is 0 Å². The highest BCUT2D eigenvalue weighted by Crippen LogP contribution is 2.05. The lowest BCUT2D eigenvalue weighted by atomic mass is 10.1. The Bertz CT molecular complexity index is 302. The van der Waals surface area contributed by atoms with E-state index in [2.05, 4.69) is 12.0 Å². The first-order valence-corrected chi connectivity index (χ1v) is 4.70. The Morgan fingerprint density at radius 2 is 2.23 bits per heavy atom. The molecule has 0 saturated carbocycles. The molecule has 0 amide bonds. The van der Waals surface area contributed by atoms with E-state index >= 15 is 0 Å². The van der Waals surface area contributed by atoms with E-state index in [1.165, 1.54) is 0 Å². The molecule has 0 spiro atoms. The highest BCUT2D eigenvalue weighted by Gasteiger charge is 2.07. The van der Waals surface area contributed by atoms with Crippen LogP contribution in [0.3, 0.4) is 0 Å². The van der Waals surface area contributed by atoms with Crippen LogP contribution >= 0.6 is 0 Å². The lowest BCUT2D eigenvalue weighted by molar-refractivity contribution is -0.118. The molecule has 0 aliphatic rings. The monoisotopic (exact) mass is 180 g/mol. The molecule has 72 valence electrons. The summed E-state index contributed by atoms with van der Waals surface area (Å²) in [6.07, 6.45) is 2.04. The zero-order valence-corrected chi connectivity index (χ0v) is 8.50. The van der Waals surface area contributed by atoms with Crippen molar-refractivity contribution in [3.8, 4) is 0 Å². The normalized spacial score (nSPS) is 10.4. The summed E-state index contributed by atoms with van der Waals surface area (Å²) < 4.78 is 1.80. The largest absolute Gasteiger partial charge is 0.299 e. The van der Waals surface area contributed by atoms with Gasteiger partial charge in [-0.05, 0) is 12.5 Å². The second-order valence-corrected chi connectivity index (χ2v) is 3.17. The molecule has 1 aromatic heterocycles. The van der Waals surface area contributed by atoms with Crippen molar-refractivity contribution >= 4 is 5.78 Å². The fraction of sp³-hybridized carbons (Fsp3) is 0.600. The van der Waals surface area contributed by atoms with Gasteiger partial charge in [0.15, 0.2) is 0 Å². The number of rotatable bonds is 4. The van der Waals surface area contributed by atoms with Crippen molar-refractivity contribution in [2.24, 2.45) is 7.05 Å². The molecule has 3 heteroatoms. The van der Waals surface area contributed by atoms with Gasteiger partial charge in [0.05, 0.1) is 5.69 Å². The van der Waals surface area contributed by atoms with Crippen LogP contribution in [0.4, 0.5) is 0 Å². The summed E-state index contributed by atoms with van der Waals surface area (Å²) in [4.78, 5) is 11.2. The van der Waals surface area contributed by atoms with Gasteiger partial charge in [0.2, 0.25) is 0 Å². The van der Waals surface area contributed by atoms with E-state index < -0.39 is 0 Å². The highest BCUT2D eigenvalue weighted by molar-refractivity contribution is 5.80. The number of carbonyl (C=O) groups excluding carboxylic acids is 1. The predicted octanol–water partition coefficient (Wildman–Crippen LogP) is 1.50. The predicted molar refractivity (Wildman–Crippen MR) is 51.6 cm³/mol. The van der Waals surface area contributed by atoms with Gasteiger partial charge in [0.1, 0.15) is 5.78 Å². The van der Waals surface area contributed by atoms with Gasteiger partial charge in [-0.15, -0.1) is 0 Å². The van der Waals surface area contributed by atoms with E-state index in [-0.39, 0.29) is 5.78 Å². The zero-order valence-electron chi connectivity index (χ0n) is 8.50. The van der Waals surface area contributed by atoms with Crippen LogP contribution in [0.25, 0.3) is 0 Å². The van der Waals surface area contributed by atoms with Crippen molar-refractivity contribution in [2.75, 3.05) is 0 Å². The topological polar surface area (TPSA) is 34.9 Å². The lowest BCUT2D eigenvalue weighted by Gasteiger charge is -1.97. The van der Waals surface area contributed by atoms with Crippen LogP contribution in [0.5, 0.6) is 0 Å². The van der Waals surface area contributed by atoms with Gasteiger partial charge >= 0.3 is 0 Å². The van der Waals surface area contributed by atoms with Crippen LogP contribution in [0.1, 0.15) is 31.7 Å². The molecule has 0 aliphatic heterocycles. The van der Waals surface area contributed by atoms with Crippen molar-refractivity contribution in [1.82, 2.24) is 9.78 Å². The number of hydrogen-bond acceptors (Lipinski definition) is 2. The maximum atomic E-state index is 11.2. The number of nitrogens with zero attached hydrogens (tertiary/aromatic N) is 2. The average molecular weight is 180 g/mol. The molecule has 0 bridgehead atoms. The Balaban J connectivity index is 2.76. The molecular formula is C10H16N2O. The number of aryl methyl sites for hydroxylation is 2. The Labute approximate surface area is 78.8 Å². The van der Waals surface area contributed by atoms with E-state index in [9.17, 15) is 4.79 Å². The van der Waals surface area contributed by atoms with Crippen LogP contribution in [0.15, 0.2) is 6.07 Å². The molecule has 3 nitrogen and oxygen atoms in total. The Morgan fingerprint density at radius 1 is 1.54 bits per heavy atom. The molecule has 0 aliphatic carbocycles. The SMILES string of the molecule is CCC(=O)Cc1cc(CC)nn1C. The number of Topliss-reactive ketones (excluding diaryl/α,β-unsaturated/α-hetero) is 1. The van der Waals surface area contributed by atoms with Crippen molar-refractivity contribution in [2.45, 2.75) is 33.1 Å². The Hall–Kier alpha value is -1.12. The summed E-state index contributed by atoms with van der Waals surface area (Å²) in [6, 6.07) is 2.01. The van der Waals surface area contributed by atoms with Gasteiger partial charge in [-0.3, -0.25) is 9.48 Å². The smallest absolute Gasteiger partial charge is 0.138 e. The van der Waals surface area contributed by atoms with Crippen LogP contribution in [-0.4, -0.2) is 15.6 Å². The van der Waals surface area contributed by atoms with E-state index in [4.69, 9.17) is 0 Å². The minimum atomic E-state index is 0.269. The molecule has 0 radical (unpaired) electrons. The van der Waals surface area contributed by atoms with Crippen LogP contribution in [0, 0.1) is 0 Å². The number of ketones is 1. The number of aromatic nitrogens is 2. The summed E-state index contributed by atoms with van der Waals surface area (Å²) in [6.45, 7) is 3.95. The molecule has 0 atom stereocenters. The first kappa shape index (κ1) is 9.96. The fourth-order valence-corrected chi connectivity index (χ4v) is 1.24. The molecule has 0 aromatic carbocycles. The standard InChI is InChI=1S/C10H16N2O/c1-4-8-6-9(12(3)11-8)7-10(13)5-2/h6H,4-5,7H2,1-3H3.